The van der Waals surface area contributed by atoms with E-state index in [4.69, 9.17) is 9.47 Å². The average Bonchev–Trinajstić information content (AvgIpc) is 2.85. The molecule has 1 aromatic carbocycles. The van der Waals surface area contributed by atoms with E-state index in [0.717, 1.165) is 62.4 Å². The third-order valence-corrected chi connectivity index (χ3v) is 8.51. The van der Waals surface area contributed by atoms with Crippen LogP contribution >= 0.6 is 0 Å². The van der Waals surface area contributed by atoms with Crippen LogP contribution in [0.1, 0.15) is 107 Å². The van der Waals surface area contributed by atoms with Crippen LogP contribution in [0.15, 0.2) is 36.4 Å². The Kier molecular flexibility index (Phi) is 9.37. The molecule has 2 saturated carbocycles. The Morgan fingerprint density at radius 3 is 2.06 bits per heavy atom. The summed E-state index contributed by atoms with van der Waals surface area (Å²) in [4.78, 5) is 0. The average molecular weight is 461 g/mol. The van der Waals surface area contributed by atoms with Gasteiger partial charge in [-0.1, -0.05) is 69.7 Å². The van der Waals surface area contributed by atoms with Crippen molar-refractivity contribution in [2.75, 3.05) is 13.2 Å². The molecule has 0 spiro atoms. The van der Waals surface area contributed by atoms with Crippen LogP contribution in [0.2, 0.25) is 0 Å². The molecule has 1 aromatic rings. The Hall–Kier alpha value is -1.26. The molecule has 0 aromatic heterocycles. The standard InChI is InChI=1S/C29H42F2O2/c1-2-3-4-5-21-6-10-25(11-7-21)27-19-32-29(33-20-27)26-16-14-24(15-17-26)23-12-8-22(9-13-23)18-28(30)31/h14-18,21-23,25,27,29H,2-13,19-20H2,1H3. The zero-order chi connectivity index (χ0) is 23.0. The van der Waals surface area contributed by atoms with Crippen LogP contribution < -0.4 is 0 Å². The van der Waals surface area contributed by atoms with E-state index < -0.39 is 6.08 Å². The number of unbranched alkanes of at least 4 members (excludes halogenated alkanes) is 2. The summed E-state index contributed by atoms with van der Waals surface area (Å²) in [6.07, 6.45) is 14.0. The fourth-order valence-corrected chi connectivity index (χ4v) is 6.34. The van der Waals surface area contributed by atoms with E-state index in [9.17, 15) is 8.78 Å². The second kappa shape index (κ2) is 12.4. The molecule has 1 saturated heterocycles. The third-order valence-electron chi connectivity index (χ3n) is 8.51. The van der Waals surface area contributed by atoms with Crippen LogP contribution in [0.3, 0.4) is 0 Å². The lowest BCUT2D eigenvalue weighted by Crippen LogP contribution is -2.34. The molecule has 184 valence electrons. The first-order valence-electron chi connectivity index (χ1n) is 13.5. The van der Waals surface area contributed by atoms with Gasteiger partial charge in [0, 0.05) is 11.5 Å². The van der Waals surface area contributed by atoms with Crippen molar-refractivity contribution in [3.63, 3.8) is 0 Å². The molecule has 4 heteroatoms. The number of ether oxygens (including phenoxy) is 2. The van der Waals surface area contributed by atoms with Crippen molar-refractivity contribution in [2.24, 2.45) is 23.7 Å². The lowest BCUT2D eigenvalue weighted by molar-refractivity contribution is -0.214. The van der Waals surface area contributed by atoms with E-state index in [1.165, 1.54) is 56.9 Å². The molecule has 2 nitrogen and oxygen atoms in total. The van der Waals surface area contributed by atoms with Crippen molar-refractivity contribution in [3.8, 4) is 0 Å². The summed E-state index contributed by atoms with van der Waals surface area (Å²) < 4.78 is 37.3. The quantitative estimate of drug-likeness (QED) is 0.361. The highest BCUT2D eigenvalue weighted by Gasteiger charge is 2.32. The maximum atomic E-state index is 12.5. The van der Waals surface area contributed by atoms with Crippen LogP contribution in [-0.4, -0.2) is 13.2 Å². The summed E-state index contributed by atoms with van der Waals surface area (Å²) in [5.74, 6) is 2.75. The fourth-order valence-electron chi connectivity index (χ4n) is 6.34. The van der Waals surface area contributed by atoms with Crippen molar-refractivity contribution < 1.29 is 18.3 Å². The van der Waals surface area contributed by atoms with Gasteiger partial charge in [0.2, 0.25) is 0 Å². The van der Waals surface area contributed by atoms with Gasteiger partial charge in [-0.3, -0.25) is 0 Å². The predicted octanol–water partition coefficient (Wildman–Crippen LogP) is 8.79. The van der Waals surface area contributed by atoms with Crippen LogP contribution in [-0.2, 0) is 9.47 Å². The van der Waals surface area contributed by atoms with E-state index in [1.54, 1.807) is 0 Å². The minimum absolute atomic E-state index is 0.0404. The van der Waals surface area contributed by atoms with Gasteiger partial charge >= 0.3 is 0 Å². The smallest absolute Gasteiger partial charge is 0.266 e. The van der Waals surface area contributed by atoms with E-state index in [-0.39, 0.29) is 12.2 Å². The monoisotopic (exact) mass is 460 g/mol. The SMILES string of the molecule is CCCCCC1CCC(C2COC(c3ccc(C4CCC(C=C(F)F)CC4)cc3)OC2)CC1. The minimum atomic E-state index is -1.53. The summed E-state index contributed by atoms with van der Waals surface area (Å²) >= 11 is 0. The Bertz CT molecular complexity index is 718. The fraction of sp³-hybridized carbons (Fsp3) is 0.724. The highest BCUT2D eigenvalue weighted by atomic mass is 19.3. The molecular weight excluding hydrogens is 418 g/mol. The first-order valence-corrected chi connectivity index (χ1v) is 13.5. The molecule has 0 amide bonds. The Morgan fingerprint density at radius 1 is 0.818 bits per heavy atom. The molecule has 2 aliphatic carbocycles. The minimum Gasteiger partial charge on any atom is -0.348 e. The summed E-state index contributed by atoms with van der Waals surface area (Å²) in [6.45, 7) is 3.90. The summed E-state index contributed by atoms with van der Waals surface area (Å²) in [6, 6.07) is 8.64. The Labute approximate surface area is 199 Å². The van der Waals surface area contributed by atoms with Gasteiger partial charge in [0.05, 0.1) is 13.2 Å². The normalized spacial score (nSPS) is 32.9. The summed E-state index contributed by atoms with van der Waals surface area (Å²) in [5.41, 5.74) is 2.40. The molecule has 3 aliphatic rings. The topological polar surface area (TPSA) is 18.5 Å². The molecule has 0 bridgehead atoms. The number of hydrogen-bond donors (Lipinski definition) is 0. The molecular formula is C29H42F2O2. The zero-order valence-corrected chi connectivity index (χ0v) is 20.3. The molecule has 0 unspecified atom stereocenters. The molecule has 0 N–H and O–H groups in total. The number of halogens is 2. The van der Waals surface area contributed by atoms with Gasteiger partial charge in [-0.15, -0.1) is 0 Å². The Morgan fingerprint density at radius 2 is 1.45 bits per heavy atom. The highest BCUT2D eigenvalue weighted by Crippen LogP contribution is 2.40. The van der Waals surface area contributed by atoms with Crippen LogP contribution in [0.4, 0.5) is 8.78 Å². The van der Waals surface area contributed by atoms with E-state index >= 15 is 0 Å². The first kappa shape index (κ1) is 24.9. The van der Waals surface area contributed by atoms with Crippen molar-refractivity contribution in [3.05, 3.63) is 47.5 Å². The van der Waals surface area contributed by atoms with Gasteiger partial charge in [0.25, 0.3) is 6.08 Å². The molecule has 0 radical (unpaired) electrons. The van der Waals surface area contributed by atoms with E-state index in [0.29, 0.717) is 11.8 Å². The van der Waals surface area contributed by atoms with Gasteiger partial charge in [0.1, 0.15) is 0 Å². The van der Waals surface area contributed by atoms with Crippen molar-refractivity contribution in [2.45, 2.75) is 96.2 Å². The second-order valence-corrected chi connectivity index (χ2v) is 10.8. The molecule has 33 heavy (non-hydrogen) atoms. The van der Waals surface area contributed by atoms with Crippen LogP contribution in [0.5, 0.6) is 0 Å². The summed E-state index contributed by atoms with van der Waals surface area (Å²) in [7, 11) is 0. The largest absolute Gasteiger partial charge is 0.348 e. The van der Waals surface area contributed by atoms with Crippen molar-refractivity contribution in [1.82, 2.24) is 0 Å². The van der Waals surface area contributed by atoms with E-state index in [2.05, 4.69) is 31.2 Å². The van der Waals surface area contributed by atoms with Crippen molar-refractivity contribution in [1.29, 1.82) is 0 Å². The molecule has 0 atom stereocenters. The van der Waals surface area contributed by atoms with Crippen molar-refractivity contribution >= 4 is 0 Å². The first-order chi connectivity index (χ1) is 16.1. The molecule has 1 heterocycles. The predicted molar refractivity (Wildman–Crippen MR) is 129 cm³/mol. The van der Waals surface area contributed by atoms with E-state index in [1.807, 2.05) is 0 Å². The number of rotatable bonds is 8. The lowest BCUT2D eigenvalue weighted by atomic mass is 9.74. The number of benzene rings is 1. The maximum absolute atomic E-state index is 12.5. The molecule has 4 rings (SSSR count). The van der Waals surface area contributed by atoms with Gasteiger partial charge < -0.3 is 9.47 Å². The van der Waals surface area contributed by atoms with Gasteiger partial charge in [0.15, 0.2) is 6.29 Å². The second-order valence-electron chi connectivity index (χ2n) is 10.8. The van der Waals surface area contributed by atoms with Gasteiger partial charge in [-0.25, -0.2) is 0 Å². The Balaban J connectivity index is 1.19. The van der Waals surface area contributed by atoms with Crippen LogP contribution in [0.25, 0.3) is 0 Å². The molecule has 1 aliphatic heterocycles. The number of hydrogen-bond acceptors (Lipinski definition) is 2. The third kappa shape index (κ3) is 7.11. The lowest BCUT2D eigenvalue weighted by Gasteiger charge is -2.38. The van der Waals surface area contributed by atoms with Gasteiger partial charge in [-0.05, 0) is 73.8 Å². The highest BCUT2D eigenvalue weighted by molar-refractivity contribution is 5.27. The maximum Gasteiger partial charge on any atom is 0.266 e. The van der Waals surface area contributed by atoms with Crippen LogP contribution in [0, 0.1) is 23.7 Å². The number of allylic oxidation sites excluding steroid dienone is 1. The zero-order valence-electron chi connectivity index (χ0n) is 20.3. The summed E-state index contributed by atoms with van der Waals surface area (Å²) in [5, 5.41) is 0. The molecule has 3 fully saturated rings. The van der Waals surface area contributed by atoms with Gasteiger partial charge in [-0.2, -0.15) is 8.78 Å².